The fourth-order valence-electron chi connectivity index (χ4n) is 2.41. The Bertz CT molecular complexity index is 236. The Hall–Kier alpha value is -0.240. The average molecular weight is 291 g/mol. The summed E-state index contributed by atoms with van der Waals surface area (Å²) in [5.74, 6) is 0. The molecule has 1 fully saturated rings. The Kier molecular flexibility index (Phi) is 9.33. The van der Waals surface area contributed by atoms with E-state index in [2.05, 4.69) is 5.32 Å². The van der Waals surface area contributed by atoms with Crippen molar-refractivity contribution in [1.82, 2.24) is 5.32 Å². The van der Waals surface area contributed by atoms with Crippen LogP contribution in [0.3, 0.4) is 0 Å². The minimum atomic E-state index is -0.152. The highest BCUT2D eigenvalue weighted by molar-refractivity contribution is 4.95. The molecule has 0 amide bonds. The molecule has 1 saturated carbocycles. The van der Waals surface area contributed by atoms with Crippen molar-refractivity contribution in [2.45, 2.75) is 30.9 Å². The summed E-state index contributed by atoms with van der Waals surface area (Å²) in [6.45, 7) is 3.71. The van der Waals surface area contributed by atoms with E-state index < -0.39 is 0 Å². The first-order valence-electron chi connectivity index (χ1n) is 7.32. The van der Waals surface area contributed by atoms with E-state index in [4.69, 9.17) is 18.9 Å². The molecule has 2 atom stereocenters. The number of aliphatic hydroxyl groups is 1. The summed E-state index contributed by atoms with van der Waals surface area (Å²) in [6, 6.07) is 0. The molecule has 0 aromatic heterocycles. The maximum absolute atomic E-state index is 9.40. The average Bonchev–Trinajstić information content (AvgIpc) is 2.90. The molecule has 0 heterocycles. The zero-order valence-corrected chi connectivity index (χ0v) is 12.7. The van der Waals surface area contributed by atoms with Crippen LogP contribution in [0.1, 0.15) is 19.3 Å². The van der Waals surface area contributed by atoms with Crippen LogP contribution >= 0.6 is 0 Å². The van der Waals surface area contributed by atoms with E-state index in [1.165, 1.54) is 0 Å². The van der Waals surface area contributed by atoms with E-state index in [-0.39, 0.29) is 18.2 Å². The fraction of sp³-hybridized carbons (Fsp3) is 1.00. The van der Waals surface area contributed by atoms with Crippen LogP contribution in [0, 0.1) is 0 Å². The summed E-state index contributed by atoms with van der Waals surface area (Å²) in [5.41, 5.74) is -0.152. The van der Waals surface area contributed by atoms with Gasteiger partial charge in [-0.15, -0.1) is 0 Å². The smallest absolute Gasteiger partial charge is 0.0704 e. The van der Waals surface area contributed by atoms with Gasteiger partial charge in [-0.2, -0.15) is 0 Å². The van der Waals surface area contributed by atoms with Crippen LogP contribution in [-0.4, -0.2) is 77.2 Å². The molecular formula is C14H29NO5. The number of likely N-dealkylation sites (N-methyl/N-ethyl adjacent to an activating group) is 1. The summed E-state index contributed by atoms with van der Waals surface area (Å²) in [5, 5.41) is 12.6. The molecule has 2 unspecified atom stereocenters. The Morgan fingerprint density at radius 2 is 1.75 bits per heavy atom. The van der Waals surface area contributed by atoms with Crippen molar-refractivity contribution >= 4 is 0 Å². The zero-order chi connectivity index (χ0) is 14.7. The van der Waals surface area contributed by atoms with Crippen molar-refractivity contribution in [2.75, 3.05) is 60.4 Å². The summed E-state index contributed by atoms with van der Waals surface area (Å²) >= 11 is 0. The Morgan fingerprint density at radius 1 is 1.10 bits per heavy atom. The molecule has 20 heavy (non-hydrogen) atoms. The second-order valence-corrected chi connectivity index (χ2v) is 5.14. The highest BCUT2D eigenvalue weighted by Crippen LogP contribution is 2.31. The summed E-state index contributed by atoms with van der Waals surface area (Å²) < 4.78 is 21.3. The first-order valence-corrected chi connectivity index (χ1v) is 7.32. The Morgan fingerprint density at radius 3 is 2.30 bits per heavy atom. The van der Waals surface area contributed by atoms with Gasteiger partial charge < -0.3 is 29.4 Å². The molecule has 0 saturated heterocycles. The lowest BCUT2D eigenvalue weighted by Crippen LogP contribution is -2.44. The highest BCUT2D eigenvalue weighted by Gasteiger charge is 2.37. The fourth-order valence-corrected chi connectivity index (χ4v) is 2.41. The predicted octanol–water partition coefficient (Wildman–Crippen LogP) is 0.186. The minimum absolute atomic E-state index is 0.152. The lowest BCUT2D eigenvalue weighted by molar-refractivity contribution is -0.0169. The predicted molar refractivity (Wildman–Crippen MR) is 76.0 cm³/mol. The van der Waals surface area contributed by atoms with E-state index in [9.17, 15) is 5.11 Å². The van der Waals surface area contributed by atoms with E-state index in [1.807, 2.05) is 7.05 Å². The number of nitrogens with one attached hydrogen (secondary N) is 1. The van der Waals surface area contributed by atoms with E-state index in [0.29, 0.717) is 39.6 Å². The van der Waals surface area contributed by atoms with E-state index in [0.717, 1.165) is 19.3 Å². The first kappa shape index (κ1) is 17.8. The molecular weight excluding hydrogens is 262 g/mol. The highest BCUT2D eigenvalue weighted by atomic mass is 16.6. The first-order chi connectivity index (χ1) is 9.76. The zero-order valence-electron chi connectivity index (χ0n) is 12.7. The number of hydrogen-bond donors (Lipinski definition) is 2. The van der Waals surface area contributed by atoms with Crippen LogP contribution in [0.5, 0.6) is 0 Å². The van der Waals surface area contributed by atoms with Crippen molar-refractivity contribution in [1.29, 1.82) is 0 Å². The van der Waals surface area contributed by atoms with Crippen LogP contribution < -0.4 is 5.32 Å². The largest absolute Gasteiger partial charge is 0.394 e. The Labute approximate surface area is 121 Å². The topological polar surface area (TPSA) is 69.2 Å². The molecule has 0 spiro atoms. The molecule has 1 rings (SSSR count). The molecule has 0 bridgehead atoms. The number of aliphatic hydroxyl groups excluding tert-OH is 1. The van der Waals surface area contributed by atoms with Crippen LogP contribution in [0.2, 0.25) is 0 Å². The second-order valence-electron chi connectivity index (χ2n) is 5.14. The number of methoxy groups -OCH3 is 1. The molecule has 0 aromatic rings. The summed E-state index contributed by atoms with van der Waals surface area (Å²) in [6.07, 6.45) is 3.02. The molecule has 120 valence electrons. The number of rotatable bonds is 12. The lowest BCUT2D eigenvalue weighted by atomic mass is 9.99. The van der Waals surface area contributed by atoms with Crippen molar-refractivity contribution in [2.24, 2.45) is 0 Å². The normalized spacial score (nSPS) is 26.2. The molecule has 0 aromatic carbocycles. The Balaban J connectivity index is 1.92. The standard InChI is InChI=1S/C14H29NO5/c1-15-14(12-16)4-3-13(11-14)20-10-9-19-8-7-18-6-5-17-2/h13,15-16H,3-12H2,1-2H3. The molecule has 0 radical (unpaired) electrons. The molecule has 6 heteroatoms. The third-order valence-corrected chi connectivity index (χ3v) is 3.78. The quantitative estimate of drug-likeness (QED) is 0.500. The van der Waals surface area contributed by atoms with Crippen LogP contribution in [-0.2, 0) is 18.9 Å². The maximum Gasteiger partial charge on any atom is 0.0704 e. The van der Waals surface area contributed by atoms with Crippen molar-refractivity contribution in [3.8, 4) is 0 Å². The van der Waals surface area contributed by atoms with Gasteiger partial charge in [0, 0.05) is 12.6 Å². The van der Waals surface area contributed by atoms with Crippen molar-refractivity contribution in [3.63, 3.8) is 0 Å². The van der Waals surface area contributed by atoms with Gasteiger partial charge in [-0.3, -0.25) is 0 Å². The summed E-state index contributed by atoms with van der Waals surface area (Å²) in [7, 11) is 3.55. The summed E-state index contributed by atoms with van der Waals surface area (Å²) in [4.78, 5) is 0. The van der Waals surface area contributed by atoms with Gasteiger partial charge in [-0.05, 0) is 26.3 Å². The van der Waals surface area contributed by atoms with Crippen LogP contribution in [0.4, 0.5) is 0 Å². The van der Waals surface area contributed by atoms with Crippen LogP contribution in [0.25, 0.3) is 0 Å². The third-order valence-electron chi connectivity index (χ3n) is 3.78. The molecule has 6 nitrogen and oxygen atoms in total. The van der Waals surface area contributed by atoms with Gasteiger partial charge in [-0.1, -0.05) is 0 Å². The van der Waals surface area contributed by atoms with Crippen molar-refractivity contribution in [3.05, 3.63) is 0 Å². The van der Waals surface area contributed by atoms with Crippen LogP contribution in [0.15, 0.2) is 0 Å². The number of hydrogen-bond acceptors (Lipinski definition) is 6. The monoisotopic (exact) mass is 291 g/mol. The van der Waals surface area contributed by atoms with Gasteiger partial charge in [0.1, 0.15) is 0 Å². The van der Waals surface area contributed by atoms with Gasteiger partial charge in [-0.25, -0.2) is 0 Å². The van der Waals surface area contributed by atoms with Gasteiger partial charge in [0.2, 0.25) is 0 Å². The second kappa shape index (κ2) is 10.5. The maximum atomic E-state index is 9.40. The van der Waals surface area contributed by atoms with E-state index in [1.54, 1.807) is 7.11 Å². The van der Waals surface area contributed by atoms with Gasteiger partial charge in [0.25, 0.3) is 0 Å². The molecule has 2 N–H and O–H groups in total. The molecule has 1 aliphatic carbocycles. The SMILES string of the molecule is CNC1(CO)CCC(OCCOCCOCCOC)C1. The van der Waals surface area contributed by atoms with Crippen molar-refractivity contribution < 1.29 is 24.1 Å². The molecule has 1 aliphatic rings. The lowest BCUT2D eigenvalue weighted by Gasteiger charge is -2.26. The molecule has 0 aliphatic heterocycles. The van der Waals surface area contributed by atoms with Gasteiger partial charge in [0.15, 0.2) is 0 Å². The number of ether oxygens (including phenoxy) is 4. The van der Waals surface area contributed by atoms with Gasteiger partial charge >= 0.3 is 0 Å². The van der Waals surface area contributed by atoms with Gasteiger partial charge in [0.05, 0.1) is 52.4 Å². The van der Waals surface area contributed by atoms with E-state index >= 15 is 0 Å². The minimum Gasteiger partial charge on any atom is -0.394 e. The third kappa shape index (κ3) is 6.47.